The first-order valence-electron chi connectivity index (χ1n) is 7.17. The van der Waals surface area contributed by atoms with E-state index >= 15 is 0 Å². The van der Waals surface area contributed by atoms with Crippen LogP contribution < -0.4 is 0 Å². The zero-order chi connectivity index (χ0) is 13.0. The SMILES string of the molecule is CC(C)c1ccc(C(O)CCN2CCCC2)cc1. The molecule has 2 rings (SSSR count). The van der Waals surface area contributed by atoms with Crippen LogP contribution in [0.2, 0.25) is 0 Å². The smallest absolute Gasteiger partial charge is 0.0802 e. The topological polar surface area (TPSA) is 23.5 Å². The Hall–Kier alpha value is -0.860. The fourth-order valence-corrected chi connectivity index (χ4v) is 2.58. The van der Waals surface area contributed by atoms with Gasteiger partial charge in [0.1, 0.15) is 0 Å². The molecule has 1 aliphatic rings. The lowest BCUT2D eigenvalue weighted by Crippen LogP contribution is -2.22. The van der Waals surface area contributed by atoms with Crippen molar-refractivity contribution in [1.82, 2.24) is 4.90 Å². The first-order chi connectivity index (χ1) is 8.66. The predicted octanol–water partition coefficient (Wildman–Crippen LogP) is 3.33. The highest BCUT2D eigenvalue weighted by Gasteiger charge is 2.14. The highest BCUT2D eigenvalue weighted by atomic mass is 16.3. The molecular formula is C16H25NO. The highest BCUT2D eigenvalue weighted by Crippen LogP contribution is 2.21. The van der Waals surface area contributed by atoms with Crippen LogP contribution in [0.4, 0.5) is 0 Å². The molecule has 100 valence electrons. The van der Waals surface area contributed by atoms with Crippen molar-refractivity contribution in [2.45, 2.75) is 45.1 Å². The molecule has 2 nitrogen and oxygen atoms in total. The van der Waals surface area contributed by atoms with Gasteiger partial charge in [-0.1, -0.05) is 38.1 Å². The van der Waals surface area contributed by atoms with E-state index in [0.717, 1.165) is 18.5 Å². The van der Waals surface area contributed by atoms with Crippen molar-refractivity contribution in [3.8, 4) is 0 Å². The number of rotatable bonds is 5. The summed E-state index contributed by atoms with van der Waals surface area (Å²) in [4.78, 5) is 2.45. The lowest BCUT2D eigenvalue weighted by atomic mass is 9.99. The van der Waals surface area contributed by atoms with Crippen LogP contribution in [0.15, 0.2) is 24.3 Å². The van der Waals surface area contributed by atoms with Gasteiger partial charge in [0.05, 0.1) is 6.10 Å². The van der Waals surface area contributed by atoms with E-state index in [1.54, 1.807) is 0 Å². The van der Waals surface area contributed by atoms with Crippen LogP contribution in [-0.2, 0) is 0 Å². The number of hydrogen-bond acceptors (Lipinski definition) is 2. The zero-order valence-corrected chi connectivity index (χ0v) is 11.6. The molecule has 0 aromatic heterocycles. The maximum absolute atomic E-state index is 10.2. The molecule has 1 fully saturated rings. The standard InChI is InChI=1S/C16H25NO/c1-13(2)14-5-7-15(8-6-14)16(18)9-12-17-10-3-4-11-17/h5-8,13,16,18H,3-4,9-12H2,1-2H3. The van der Waals surface area contributed by atoms with Crippen LogP contribution in [0, 0.1) is 0 Å². The molecule has 0 bridgehead atoms. The number of hydrogen-bond donors (Lipinski definition) is 1. The van der Waals surface area contributed by atoms with Gasteiger partial charge in [-0.3, -0.25) is 0 Å². The molecule has 0 amide bonds. The fourth-order valence-electron chi connectivity index (χ4n) is 2.58. The zero-order valence-electron chi connectivity index (χ0n) is 11.6. The van der Waals surface area contributed by atoms with E-state index in [0.29, 0.717) is 5.92 Å². The molecule has 1 aliphatic heterocycles. The molecule has 0 spiro atoms. The molecule has 18 heavy (non-hydrogen) atoms. The Morgan fingerprint density at radius 1 is 1.06 bits per heavy atom. The summed E-state index contributed by atoms with van der Waals surface area (Å²) in [5.74, 6) is 0.556. The minimum absolute atomic E-state index is 0.313. The molecule has 1 aromatic rings. The summed E-state index contributed by atoms with van der Waals surface area (Å²) in [6.07, 6.45) is 3.17. The van der Waals surface area contributed by atoms with Crippen LogP contribution in [-0.4, -0.2) is 29.6 Å². The molecule has 1 saturated heterocycles. The largest absolute Gasteiger partial charge is 0.388 e. The van der Waals surface area contributed by atoms with E-state index in [2.05, 4.69) is 43.0 Å². The average molecular weight is 247 g/mol. The third-order valence-corrected chi connectivity index (χ3v) is 3.91. The average Bonchev–Trinajstić information content (AvgIpc) is 2.89. The third-order valence-electron chi connectivity index (χ3n) is 3.91. The molecule has 1 aromatic carbocycles. The molecule has 0 radical (unpaired) electrons. The first kappa shape index (κ1) is 13.6. The van der Waals surface area contributed by atoms with E-state index in [-0.39, 0.29) is 6.10 Å². The minimum Gasteiger partial charge on any atom is -0.388 e. The lowest BCUT2D eigenvalue weighted by molar-refractivity contribution is 0.149. The Morgan fingerprint density at radius 3 is 2.17 bits per heavy atom. The van der Waals surface area contributed by atoms with Crippen LogP contribution in [0.3, 0.4) is 0 Å². The summed E-state index contributed by atoms with van der Waals surface area (Å²) in [5.41, 5.74) is 2.39. The monoisotopic (exact) mass is 247 g/mol. The summed E-state index contributed by atoms with van der Waals surface area (Å²) in [6.45, 7) is 7.82. The van der Waals surface area contributed by atoms with Gasteiger partial charge in [0.25, 0.3) is 0 Å². The van der Waals surface area contributed by atoms with Gasteiger partial charge in [0.2, 0.25) is 0 Å². The van der Waals surface area contributed by atoms with Gasteiger partial charge in [0, 0.05) is 6.54 Å². The van der Waals surface area contributed by atoms with Gasteiger partial charge in [0.15, 0.2) is 0 Å². The maximum atomic E-state index is 10.2. The molecule has 1 unspecified atom stereocenters. The van der Waals surface area contributed by atoms with E-state index in [9.17, 15) is 5.11 Å². The number of aliphatic hydroxyl groups excluding tert-OH is 1. The summed E-state index contributed by atoms with van der Waals surface area (Å²) >= 11 is 0. The molecule has 1 atom stereocenters. The van der Waals surface area contributed by atoms with Crippen molar-refractivity contribution < 1.29 is 5.11 Å². The molecule has 1 N–H and O–H groups in total. The van der Waals surface area contributed by atoms with Crippen LogP contribution in [0.5, 0.6) is 0 Å². The van der Waals surface area contributed by atoms with Crippen molar-refractivity contribution >= 4 is 0 Å². The van der Waals surface area contributed by atoms with Gasteiger partial charge in [-0.05, 0) is 49.4 Å². The summed E-state index contributed by atoms with van der Waals surface area (Å²) in [7, 11) is 0. The van der Waals surface area contributed by atoms with Gasteiger partial charge < -0.3 is 10.0 Å². The highest BCUT2D eigenvalue weighted by molar-refractivity contribution is 5.26. The van der Waals surface area contributed by atoms with Gasteiger partial charge in [-0.25, -0.2) is 0 Å². The van der Waals surface area contributed by atoms with Gasteiger partial charge in [-0.15, -0.1) is 0 Å². The van der Waals surface area contributed by atoms with Gasteiger partial charge in [-0.2, -0.15) is 0 Å². The van der Waals surface area contributed by atoms with Crippen LogP contribution in [0.1, 0.15) is 56.3 Å². The summed E-state index contributed by atoms with van der Waals surface area (Å²) < 4.78 is 0. The van der Waals surface area contributed by atoms with Crippen molar-refractivity contribution in [3.05, 3.63) is 35.4 Å². The molecule has 1 heterocycles. The Bertz CT molecular complexity index is 352. The Balaban J connectivity index is 1.85. The first-order valence-corrected chi connectivity index (χ1v) is 7.17. The predicted molar refractivity (Wildman–Crippen MR) is 75.8 cm³/mol. The van der Waals surface area contributed by atoms with E-state index in [4.69, 9.17) is 0 Å². The summed E-state index contributed by atoms with van der Waals surface area (Å²) in [5, 5.41) is 10.2. The quantitative estimate of drug-likeness (QED) is 0.862. The summed E-state index contributed by atoms with van der Waals surface area (Å²) in [6, 6.07) is 8.42. The van der Waals surface area contributed by atoms with Crippen molar-refractivity contribution in [2.24, 2.45) is 0 Å². The van der Waals surface area contributed by atoms with Crippen LogP contribution >= 0.6 is 0 Å². The van der Waals surface area contributed by atoms with E-state index in [1.165, 1.54) is 31.5 Å². The van der Waals surface area contributed by atoms with Gasteiger partial charge >= 0.3 is 0 Å². The van der Waals surface area contributed by atoms with Crippen molar-refractivity contribution in [3.63, 3.8) is 0 Å². The second-order valence-corrected chi connectivity index (χ2v) is 5.67. The normalized spacial score (nSPS) is 18.4. The molecule has 0 saturated carbocycles. The minimum atomic E-state index is -0.313. The number of likely N-dealkylation sites (tertiary alicyclic amines) is 1. The van der Waals surface area contributed by atoms with Crippen molar-refractivity contribution in [1.29, 1.82) is 0 Å². The molecule has 2 heteroatoms. The number of nitrogens with zero attached hydrogens (tertiary/aromatic N) is 1. The maximum Gasteiger partial charge on any atom is 0.0802 e. The third kappa shape index (κ3) is 3.56. The lowest BCUT2D eigenvalue weighted by Gasteiger charge is -2.18. The molecular weight excluding hydrogens is 222 g/mol. The van der Waals surface area contributed by atoms with E-state index in [1.807, 2.05) is 0 Å². The Kier molecular flexibility index (Phi) is 4.79. The second kappa shape index (κ2) is 6.35. The Labute approximate surface area is 111 Å². The van der Waals surface area contributed by atoms with Crippen LogP contribution in [0.25, 0.3) is 0 Å². The number of benzene rings is 1. The fraction of sp³-hybridized carbons (Fsp3) is 0.625. The second-order valence-electron chi connectivity index (χ2n) is 5.67. The Morgan fingerprint density at radius 2 is 1.61 bits per heavy atom. The molecule has 0 aliphatic carbocycles. The van der Waals surface area contributed by atoms with E-state index < -0.39 is 0 Å². The van der Waals surface area contributed by atoms with Crippen molar-refractivity contribution in [2.75, 3.05) is 19.6 Å². The number of aliphatic hydroxyl groups is 1.